The van der Waals surface area contributed by atoms with E-state index in [1.54, 1.807) is 25.3 Å². The van der Waals surface area contributed by atoms with E-state index in [1.807, 2.05) is 0 Å². The van der Waals surface area contributed by atoms with Crippen molar-refractivity contribution in [3.8, 4) is 5.75 Å². The van der Waals surface area contributed by atoms with Gasteiger partial charge in [0.2, 0.25) is 10.0 Å². The van der Waals surface area contributed by atoms with Gasteiger partial charge in [0.05, 0.1) is 16.5 Å². The van der Waals surface area contributed by atoms with Crippen molar-refractivity contribution in [2.24, 2.45) is 5.73 Å². The first kappa shape index (κ1) is 17.7. The van der Waals surface area contributed by atoms with Crippen molar-refractivity contribution in [3.63, 3.8) is 0 Å². The molecule has 0 bridgehead atoms. The Kier molecular flexibility index (Phi) is 6.27. The molecule has 0 spiro atoms. The number of sulfonamides is 1. The van der Waals surface area contributed by atoms with E-state index < -0.39 is 10.0 Å². The fourth-order valence-corrected chi connectivity index (χ4v) is 4.73. The molecule has 1 aromatic rings. The Morgan fingerprint density at radius 2 is 2.20 bits per heavy atom. The summed E-state index contributed by atoms with van der Waals surface area (Å²) in [5.74, 6) is 0.607. The Labute approximate surface area is 134 Å². The maximum atomic E-state index is 12.6. The van der Waals surface area contributed by atoms with Crippen molar-refractivity contribution in [1.82, 2.24) is 4.31 Å². The summed E-state index contributed by atoms with van der Waals surface area (Å²) in [7, 11) is -1.94. The summed E-state index contributed by atoms with van der Waals surface area (Å²) in [6.07, 6.45) is 1.69. The second kappa shape index (κ2) is 7.09. The number of halogens is 2. The van der Waals surface area contributed by atoms with Gasteiger partial charge in [-0.15, -0.1) is 12.4 Å². The minimum atomic E-state index is -3.48. The van der Waals surface area contributed by atoms with Gasteiger partial charge in [-0.3, -0.25) is 0 Å². The highest BCUT2D eigenvalue weighted by atomic mass is 79.9. The van der Waals surface area contributed by atoms with Crippen LogP contribution < -0.4 is 10.5 Å². The molecule has 1 heterocycles. The highest BCUT2D eigenvalue weighted by Crippen LogP contribution is 2.31. The molecule has 2 N–H and O–H groups in total. The van der Waals surface area contributed by atoms with Crippen LogP contribution in [0.3, 0.4) is 0 Å². The van der Waals surface area contributed by atoms with Crippen molar-refractivity contribution < 1.29 is 13.2 Å². The third-order valence-electron chi connectivity index (χ3n) is 3.33. The van der Waals surface area contributed by atoms with E-state index in [1.165, 1.54) is 4.31 Å². The van der Waals surface area contributed by atoms with E-state index in [9.17, 15) is 8.42 Å². The van der Waals surface area contributed by atoms with Crippen LogP contribution in [0.5, 0.6) is 5.75 Å². The van der Waals surface area contributed by atoms with Crippen LogP contribution in [-0.4, -0.2) is 39.0 Å². The highest BCUT2D eigenvalue weighted by Gasteiger charge is 2.34. The minimum Gasteiger partial charge on any atom is -0.496 e. The zero-order valence-corrected chi connectivity index (χ0v) is 14.3. The van der Waals surface area contributed by atoms with Gasteiger partial charge < -0.3 is 10.5 Å². The molecular weight excluding hydrogens is 368 g/mol. The van der Waals surface area contributed by atoms with E-state index in [-0.39, 0.29) is 23.3 Å². The number of hydrogen-bond acceptors (Lipinski definition) is 4. The molecule has 1 atom stereocenters. The van der Waals surface area contributed by atoms with Crippen LogP contribution in [0.15, 0.2) is 27.6 Å². The van der Waals surface area contributed by atoms with Gasteiger partial charge >= 0.3 is 0 Å². The highest BCUT2D eigenvalue weighted by molar-refractivity contribution is 9.10. The first-order chi connectivity index (χ1) is 9.00. The predicted octanol–water partition coefficient (Wildman–Crippen LogP) is 1.99. The summed E-state index contributed by atoms with van der Waals surface area (Å²) in [4.78, 5) is 0.264. The van der Waals surface area contributed by atoms with Crippen molar-refractivity contribution in [2.75, 3.05) is 20.2 Å². The fraction of sp³-hybridized carbons (Fsp3) is 0.500. The van der Waals surface area contributed by atoms with Gasteiger partial charge in [0.25, 0.3) is 0 Å². The third-order valence-corrected chi connectivity index (χ3v) is 5.89. The first-order valence-electron chi connectivity index (χ1n) is 6.06. The van der Waals surface area contributed by atoms with Gasteiger partial charge in [0.1, 0.15) is 5.75 Å². The molecule has 1 aliphatic rings. The normalized spacial score (nSPS) is 19.6. The summed E-state index contributed by atoms with van der Waals surface area (Å²) in [5.41, 5.74) is 5.64. The summed E-state index contributed by atoms with van der Waals surface area (Å²) >= 11 is 3.31. The summed E-state index contributed by atoms with van der Waals surface area (Å²) in [6.45, 7) is 0.893. The number of benzene rings is 1. The van der Waals surface area contributed by atoms with Gasteiger partial charge in [-0.25, -0.2) is 8.42 Å². The van der Waals surface area contributed by atoms with Gasteiger partial charge in [0.15, 0.2) is 0 Å². The van der Waals surface area contributed by atoms with E-state index in [4.69, 9.17) is 10.5 Å². The largest absolute Gasteiger partial charge is 0.496 e. The molecule has 8 heteroatoms. The number of methoxy groups -OCH3 is 1. The Hall–Kier alpha value is -0.340. The smallest absolute Gasteiger partial charge is 0.243 e. The Balaban J connectivity index is 0.00000200. The molecule has 0 aliphatic carbocycles. The van der Waals surface area contributed by atoms with Crippen molar-refractivity contribution in [2.45, 2.75) is 23.8 Å². The predicted molar refractivity (Wildman–Crippen MR) is 83.9 cm³/mol. The van der Waals surface area contributed by atoms with Crippen molar-refractivity contribution in [1.29, 1.82) is 0 Å². The van der Waals surface area contributed by atoms with Gasteiger partial charge in [-0.1, -0.05) is 0 Å². The molecule has 1 fully saturated rings. The zero-order valence-electron chi connectivity index (χ0n) is 11.1. The molecule has 0 saturated carbocycles. The van der Waals surface area contributed by atoms with Crippen LogP contribution in [0.1, 0.15) is 12.8 Å². The number of ether oxygens (including phenoxy) is 1. The molecule has 1 saturated heterocycles. The zero-order chi connectivity index (χ0) is 14.0. The molecule has 1 aliphatic heterocycles. The quantitative estimate of drug-likeness (QED) is 0.860. The van der Waals surface area contributed by atoms with Crippen LogP contribution in [0.25, 0.3) is 0 Å². The SMILES string of the molecule is COc1ccc(S(=O)(=O)N2CCCC2CN)cc1Br.Cl. The van der Waals surface area contributed by atoms with Crippen molar-refractivity contribution >= 4 is 38.4 Å². The maximum absolute atomic E-state index is 12.6. The molecule has 20 heavy (non-hydrogen) atoms. The Morgan fingerprint density at radius 3 is 2.75 bits per heavy atom. The van der Waals surface area contributed by atoms with E-state index in [2.05, 4.69) is 15.9 Å². The van der Waals surface area contributed by atoms with Crippen LogP contribution >= 0.6 is 28.3 Å². The van der Waals surface area contributed by atoms with Crippen LogP contribution in [0, 0.1) is 0 Å². The van der Waals surface area contributed by atoms with Crippen molar-refractivity contribution in [3.05, 3.63) is 22.7 Å². The lowest BCUT2D eigenvalue weighted by atomic mass is 10.2. The monoisotopic (exact) mass is 384 g/mol. The summed E-state index contributed by atoms with van der Waals surface area (Å²) in [6, 6.07) is 4.68. The lowest BCUT2D eigenvalue weighted by Gasteiger charge is -2.23. The third kappa shape index (κ3) is 3.28. The Bertz CT molecular complexity index is 568. The molecule has 1 unspecified atom stereocenters. The van der Waals surface area contributed by atoms with Crippen LogP contribution in [0.2, 0.25) is 0 Å². The molecule has 114 valence electrons. The molecular formula is C12H18BrClN2O3S. The van der Waals surface area contributed by atoms with Gasteiger partial charge in [-0.2, -0.15) is 4.31 Å². The number of rotatable bonds is 4. The molecule has 0 radical (unpaired) electrons. The first-order valence-corrected chi connectivity index (χ1v) is 8.29. The Morgan fingerprint density at radius 1 is 1.50 bits per heavy atom. The molecule has 0 aromatic heterocycles. The summed E-state index contributed by atoms with van der Waals surface area (Å²) < 4.78 is 32.4. The number of nitrogens with zero attached hydrogens (tertiary/aromatic N) is 1. The van der Waals surface area contributed by atoms with Gasteiger partial charge in [0, 0.05) is 19.1 Å². The van der Waals surface area contributed by atoms with Gasteiger partial charge in [-0.05, 0) is 47.0 Å². The topological polar surface area (TPSA) is 72.6 Å². The molecule has 1 aromatic carbocycles. The number of nitrogens with two attached hydrogens (primary N) is 1. The van der Waals surface area contributed by atoms with Crippen LogP contribution in [0.4, 0.5) is 0 Å². The molecule has 5 nitrogen and oxygen atoms in total. The average molecular weight is 386 g/mol. The number of hydrogen-bond donors (Lipinski definition) is 1. The fourth-order valence-electron chi connectivity index (χ4n) is 2.30. The average Bonchev–Trinajstić information content (AvgIpc) is 2.87. The van der Waals surface area contributed by atoms with E-state index in [0.717, 1.165) is 12.8 Å². The minimum absolute atomic E-state index is 0. The standard InChI is InChI=1S/C12H17BrN2O3S.ClH/c1-18-12-5-4-10(7-11(12)13)19(16,17)15-6-2-3-9(15)8-14;/h4-5,7,9H,2-3,6,8,14H2,1H3;1H. The van der Waals surface area contributed by atoms with E-state index >= 15 is 0 Å². The second-order valence-electron chi connectivity index (χ2n) is 4.44. The molecule has 0 amide bonds. The summed E-state index contributed by atoms with van der Waals surface area (Å²) in [5, 5.41) is 0. The maximum Gasteiger partial charge on any atom is 0.243 e. The lowest BCUT2D eigenvalue weighted by Crippen LogP contribution is -2.39. The second-order valence-corrected chi connectivity index (χ2v) is 7.19. The lowest BCUT2D eigenvalue weighted by molar-refractivity contribution is 0.392. The van der Waals surface area contributed by atoms with E-state index in [0.29, 0.717) is 23.3 Å². The van der Waals surface area contributed by atoms with Crippen LogP contribution in [-0.2, 0) is 10.0 Å². The molecule has 2 rings (SSSR count).